The molecule has 7 atom stereocenters. The van der Waals surface area contributed by atoms with E-state index in [4.69, 9.17) is 18.9 Å². The summed E-state index contributed by atoms with van der Waals surface area (Å²) in [6.45, 7) is 4.54. The van der Waals surface area contributed by atoms with E-state index in [1.165, 1.54) is 54.5 Å². The summed E-state index contributed by atoms with van der Waals surface area (Å²) >= 11 is 0. The second-order valence-corrected chi connectivity index (χ2v) is 17.3. The molecule has 1 aromatic carbocycles. The van der Waals surface area contributed by atoms with Gasteiger partial charge in [0.15, 0.2) is 12.1 Å². The van der Waals surface area contributed by atoms with E-state index >= 15 is 0 Å². The fourth-order valence-electron chi connectivity index (χ4n) is 11.5. The van der Waals surface area contributed by atoms with Crippen molar-refractivity contribution < 1.29 is 29.2 Å². The monoisotopic (exact) mass is 687 g/mol. The first-order valence-corrected chi connectivity index (χ1v) is 20.2. The molecular formula is C43H61NO6. The molecule has 5 aliphatic carbocycles. The Balaban J connectivity index is 1.15. The Morgan fingerprint density at radius 2 is 1.64 bits per heavy atom. The summed E-state index contributed by atoms with van der Waals surface area (Å²) < 4.78 is 24.2. The lowest BCUT2D eigenvalue weighted by atomic mass is 9.58. The van der Waals surface area contributed by atoms with Crippen LogP contribution >= 0.6 is 0 Å². The van der Waals surface area contributed by atoms with Gasteiger partial charge in [-0.05, 0) is 119 Å². The van der Waals surface area contributed by atoms with Crippen LogP contribution in [0.15, 0.2) is 35.4 Å². The van der Waals surface area contributed by atoms with Gasteiger partial charge in [-0.15, -0.1) is 0 Å². The van der Waals surface area contributed by atoms with E-state index in [0.717, 1.165) is 77.2 Å². The molecule has 4 saturated carbocycles. The van der Waals surface area contributed by atoms with Crippen LogP contribution in [0.1, 0.15) is 134 Å². The van der Waals surface area contributed by atoms with Crippen LogP contribution in [-0.2, 0) is 18.9 Å². The zero-order valence-corrected chi connectivity index (χ0v) is 30.7. The maximum absolute atomic E-state index is 12.7. The van der Waals surface area contributed by atoms with Crippen molar-refractivity contribution in [2.45, 2.75) is 158 Å². The quantitative estimate of drug-likeness (QED) is 0.242. The van der Waals surface area contributed by atoms with Crippen LogP contribution in [0.25, 0.3) is 0 Å². The molecule has 1 spiro atoms. The highest BCUT2D eigenvalue weighted by Gasteiger charge is 2.58. The van der Waals surface area contributed by atoms with Gasteiger partial charge in [-0.1, -0.05) is 55.7 Å². The predicted molar refractivity (Wildman–Crippen MR) is 195 cm³/mol. The Hall–Kier alpha value is -1.92. The molecule has 7 heteroatoms. The van der Waals surface area contributed by atoms with Crippen molar-refractivity contribution in [3.63, 3.8) is 0 Å². The number of hydrogen-bond acceptors (Lipinski definition) is 7. The van der Waals surface area contributed by atoms with Crippen molar-refractivity contribution in [3.8, 4) is 11.8 Å². The van der Waals surface area contributed by atoms with Gasteiger partial charge >= 0.3 is 0 Å². The standard InChI is InChI=1S/C43H61NO6/c1-40-28-32(18-22-42(40,46)21-9-25-48-38-13-6-7-24-47-38)35-12-8-20-41(45)30-43(49-26-27-50-43)23-19-37(41)39(35)36(29-40)31-14-16-34(17-15-31)44(2)33-10-4-3-5-11-33/h14-17,32-33,35-36,38,45-46H,3-8,10-13,18-20,22-30H2,1-2H3/t32?,35?,36?,38?,40?,41-,42?/m1/s1. The molecule has 0 amide bonds. The Morgan fingerprint density at radius 3 is 2.40 bits per heavy atom. The van der Waals surface area contributed by atoms with E-state index in [1.807, 2.05) is 0 Å². The smallest absolute Gasteiger partial charge is 0.171 e. The summed E-state index contributed by atoms with van der Waals surface area (Å²) in [5.74, 6) is 6.95. The molecule has 0 radical (unpaired) electrons. The summed E-state index contributed by atoms with van der Waals surface area (Å²) in [5.41, 5.74) is 2.87. The van der Waals surface area contributed by atoms with E-state index in [1.54, 1.807) is 0 Å². The van der Waals surface area contributed by atoms with Crippen molar-refractivity contribution in [2.24, 2.45) is 17.3 Å². The molecule has 6 unspecified atom stereocenters. The van der Waals surface area contributed by atoms with Gasteiger partial charge in [0.1, 0.15) is 12.2 Å². The third-order valence-corrected chi connectivity index (χ3v) is 14.3. The van der Waals surface area contributed by atoms with Crippen LogP contribution < -0.4 is 4.90 Å². The maximum Gasteiger partial charge on any atom is 0.171 e. The molecule has 2 aliphatic heterocycles. The second kappa shape index (κ2) is 14.1. The third-order valence-electron chi connectivity index (χ3n) is 14.3. The molecule has 7 aliphatic rings. The second-order valence-electron chi connectivity index (χ2n) is 17.3. The summed E-state index contributed by atoms with van der Waals surface area (Å²) in [5, 5.41) is 25.3. The number of benzene rings is 1. The largest absolute Gasteiger partial charge is 0.385 e. The summed E-state index contributed by atoms with van der Waals surface area (Å²) in [6, 6.07) is 10.00. The van der Waals surface area contributed by atoms with Gasteiger partial charge in [0, 0.05) is 49.6 Å². The molecule has 8 rings (SSSR count). The number of aliphatic hydroxyl groups is 2. The lowest BCUT2D eigenvalue weighted by molar-refractivity contribution is -0.205. The van der Waals surface area contributed by atoms with Crippen LogP contribution in [0.4, 0.5) is 5.69 Å². The minimum Gasteiger partial charge on any atom is -0.385 e. The Kier molecular flexibility index (Phi) is 9.93. The first-order valence-electron chi connectivity index (χ1n) is 20.2. The van der Waals surface area contributed by atoms with Crippen molar-refractivity contribution >= 4 is 5.69 Å². The first-order chi connectivity index (χ1) is 24.2. The van der Waals surface area contributed by atoms with E-state index in [9.17, 15) is 10.2 Å². The zero-order chi connectivity index (χ0) is 34.4. The molecule has 2 bridgehead atoms. The average molecular weight is 688 g/mol. The number of hydrogen-bond donors (Lipinski definition) is 2. The molecule has 2 heterocycles. The van der Waals surface area contributed by atoms with Gasteiger partial charge in [-0.3, -0.25) is 0 Å². The normalized spacial score (nSPS) is 38.7. The van der Waals surface area contributed by atoms with E-state index in [2.05, 4.69) is 55.0 Å². The minimum absolute atomic E-state index is 0.0986. The number of nitrogens with zero attached hydrogens (tertiary/aromatic N) is 1. The first kappa shape index (κ1) is 35.1. The van der Waals surface area contributed by atoms with Gasteiger partial charge in [0.2, 0.25) is 0 Å². The maximum atomic E-state index is 12.7. The van der Waals surface area contributed by atoms with Gasteiger partial charge in [0.25, 0.3) is 0 Å². The van der Waals surface area contributed by atoms with Crippen LogP contribution in [0, 0.1) is 29.1 Å². The van der Waals surface area contributed by atoms with E-state index < -0.39 is 22.4 Å². The minimum atomic E-state index is -1.10. The van der Waals surface area contributed by atoms with Gasteiger partial charge < -0.3 is 34.1 Å². The SMILES string of the molecule is CN(c1ccc(C2CC3(C)CC(CCC3(O)C#CCOC3CCCCO3)C3CCC[C@@]4(O)CC5(CCC4=C23)OCCO5)cc1)C1CCCCC1. The molecule has 1 aromatic rings. The highest BCUT2D eigenvalue weighted by Crippen LogP contribution is 2.63. The summed E-state index contributed by atoms with van der Waals surface area (Å²) in [4.78, 5) is 2.50. The van der Waals surface area contributed by atoms with Crippen LogP contribution in [-0.4, -0.2) is 73.0 Å². The lowest BCUT2D eigenvalue weighted by Crippen LogP contribution is -2.50. The predicted octanol–water partition coefficient (Wildman–Crippen LogP) is 7.78. The van der Waals surface area contributed by atoms with Gasteiger partial charge in [-0.25, -0.2) is 0 Å². The molecular weight excluding hydrogens is 626 g/mol. The third kappa shape index (κ3) is 6.60. The number of allylic oxidation sites excluding steroid dienone is 1. The van der Waals surface area contributed by atoms with Crippen molar-refractivity contribution in [2.75, 3.05) is 38.4 Å². The fourth-order valence-corrected chi connectivity index (χ4v) is 11.5. The molecule has 50 heavy (non-hydrogen) atoms. The van der Waals surface area contributed by atoms with Crippen molar-refractivity contribution in [1.29, 1.82) is 0 Å². The van der Waals surface area contributed by atoms with Crippen molar-refractivity contribution in [3.05, 3.63) is 41.0 Å². The Bertz CT molecular complexity index is 1450. The van der Waals surface area contributed by atoms with E-state index in [-0.39, 0.29) is 18.8 Å². The molecule has 7 nitrogen and oxygen atoms in total. The Labute approximate surface area is 300 Å². The van der Waals surface area contributed by atoms with Crippen LogP contribution in [0.5, 0.6) is 0 Å². The van der Waals surface area contributed by atoms with E-state index in [0.29, 0.717) is 43.9 Å². The molecule has 6 fully saturated rings. The average Bonchev–Trinajstić information content (AvgIpc) is 3.47. The molecule has 0 aromatic heterocycles. The lowest BCUT2D eigenvalue weighted by Gasteiger charge is -2.48. The van der Waals surface area contributed by atoms with Crippen molar-refractivity contribution in [1.82, 2.24) is 0 Å². The molecule has 274 valence electrons. The van der Waals surface area contributed by atoms with Crippen LogP contribution in [0.2, 0.25) is 0 Å². The number of ether oxygens (including phenoxy) is 4. The fraction of sp³-hybridized carbons (Fsp3) is 0.767. The highest BCUT2D eigenvalue weighted by atomic mass is 16.7. The molecule has 2 N–H and O–H groups in total. The number of anilines is 1. The zero-order valence-electron chi connectivity index (χ0n) is 30.7. The topological polar surface area (TPSA) is 80.6 Å². The van der Waals surface area contributed by atoms with Gasteiger partial charge in [-0.2, -0.15) is 0 Å². The number of rotatable bonds is 5. The summed E-state index contributed by atoms with van der Waals surface area (Å²) in [6.07, 6.45) is 17.8. The number of fused-ring (bicyclic) bond motifs is 5. The Morgan fingerprint density at radius 1 is 0.860 bits per heavy atom. The van der Waals surface area contributed by atoms with Crippen LogP contribution in [0.3, 0.4) is 0 Å². The summed E-state index contributed by atoms with van der Waals surface area (Å²) in [7, 11) is 2.26. The molecule has 2 saturated heterocycles. The van der Waals surface area contributed by atoms with Gasteiger partial charge in [0.05, 0.1) is 18.8 Å². The highest BCUT2D eigenvalue weighted by molar-refractivity contribution is 5.51.